The summed E-state index contributed by atoms with van der Waals surface area (Å²) in [6.45, 7) is 2.66. The Bertz CT molecular complexity index is 1350. The third-order valence-corrected chi connectivity index (χ3v) is 8.08. The number of nitrogens with zero attached hydrogens (tertiary/aromatic N) is 4. The highest BCUT2D eigenvalue weighted by Gasteiger charge is 2.42. The van der Waals surface area contributed by atoms with Gasteiger partial charge in [-0.25, -0.2) is 4.79 Å². The van der Waals surface area contributed by atoms with Crippen molar-refractivity contribution < 1.29 is 22.5 Å². The van der Waals surface area contributed by atoms with Crippen molar-refractivity contribution in [3.63, 3.8) is 0 Å². The standard InChI is InChI=1S/C20H20N4O6S2/c1-12-2-6-15(7-3-12)32(28,29)30-16-8-17(25)23-11-18(31-19(23)21-16)24-13-4-5-14(24)10-22(9-13)20(26)27/h2-3,6-8,11,13-14H,4-5,9-10H2,1H3,(H,26,27). The van der Waals surface area contributed by atoms with Gasteiger partial charge in [0.1, 0.15) is 9.90 Å². The summed E-state index contributed by atoms with van der Waals surface area (Å²) in [7, 11) is -4.13. The Balaban J connectivity index is 1.45. The van der Waals surface area contributed by atoms with Crippen LogP contribution in [0.1, 0.15) is 18.4 Å². The molecule has 2 aromatic heterocycles. The maximum absolute atomic E-state index is 12.6. The second-order valence-corrected chi connectivity index (χ2v) is 10.5. The van der Waals surface area contributed by atoms with Crippen LogP contribution in [0.3, 0.4) is 0 Å². The zero-order valence-electron chi connectivity index (χ0n) is 17.0. The second-order valence-electron chi connectivity index (χ2n) is 7.98. The maximum Gasteiger partial charge on any atom is 0.407 e. The number of likely N-dealkylation sites (tertiary alicyclic amines) is 1. The fourth-order valence-corrected chi connectivity index (χ4v) is 6.32. The Morgan fingerprint density at radius 2 is 1.84 bits per heavy atom. The summed E-state index contributed by atoms with van der Waals surface area (Å²) in [5, 5.41) is 10.1. The Labute approximate surface area is 187 Å². The van der Waals surface area contributed by atoms with Crippen molar-refractivity contribution in [3.05, 3.63) is 52.4 Å². The van der Waals surface area contributed by atoms with E-state index in [4.69, 9.17) is 4.18 Å². The summed E-state index contributed by atoms with van der Waals surface area (Å²) in [5.41, 5.74) is 0.453. The van der Waals surface area contributed by atoms with Crippen molar-refractivity contribution in [3.8, 4) is 5.88 Å². The Kier molecular flexibility index (Phi) is 4.86. The predicted molar refractivity (Wildman–Crippen MR) is 117 cm³/mol. The summed E-state index contributed by atoms with van der Waals surface area (Å²) in [5.74, 6) is -0.289. The van der Waals surface area contributed by atoms with Crippen molar-refractivity contribution in [2.75, 3.05) is 18.0 Å². The maximum atomic E-state index is 12.6. The number of hydrogen-bond donors (Lipinski definition) is 1. The van der Waals surface area contributed by atoms with Gasteiger partial charge in [0.05, 0.1) is 6.07 Å². The van der Waals surface area contributed by atoms with Gasteiger partial charge in [-0.1, -0.05) is 29.0 Å². The first kappa shape index (κ1) is 20.8. The van der Waals surface area contributed by atoms with Crippen LogP contribution in [0.15, 0.2) is 46.2 Å². The molecule has 12 heteroatoms. The van der Waals surface area contributed by atoms with E-state index in [0.717, 1.165) is 29.5 Å². The molecule has 0 radical (unpaired) electrons. The molecule has 2 saturated heterocycles. The van der Waals surface area contributed by atoms with Crippen molar-refractivity contribution in [1.82, 2.24) is 14.3 Å². The van der Waals surface area contributed by atoms with Gasteiger partial charge in [0.25, 0.3) is 5.56 Å². The summed E-state index contributed by atoms with van der Waals surface area (Å²) in [6.07, 6.45) is 2.49. The van der Waals surface area contributed by atoms with Crippen LogP contribution in [0, 0.1) is 6.92 Å². The number of amides is 1. The largest absolute Gasteiger partial charge is 0.465 e. The van der Waals surface area contributed by atoms with E-state index in [2.05, 4.69) is 9.88 Å². The highest BCUT2D eigenvalue weighted by Crippen LogP contribution is 2.38. The van der Waals surface area contributed by atoms with Crippen molar-refractivity contribution in [2.45, 2.75) is 36.7 Å². The molecule has 10 nitrogen and oxygen atoms in total. The lowest BCUT2D eigenvalue weighted by Gasteiger charge is -2.40. The molecule has 1 N–H and O–H groups in total. The number of anilines is 1. The average molecular weight is 477 g/mol. The molecule has 2 fully saturated rings. The lowest BCUT2D eigenvalue weighted by molar-refractivity contribution is 0.134. The molecule has 1 amide bonds. The van der Waals surface area contributed by atoms with Crippen LogP contribution in [-0.2, 0) is 10.1 Å². The summed E-state index contributed by atoms with van der Waals surface area (Å²) in [4.78, 5) is 32.1. The first-order chi connectivity index (χ1) is 15.2. The molecular weight excluding hydrogens is 456 g/mol. The molecular formula is C20H20N4O6S2. The number of aryl methyl sites for hydroxylation is 1. The number of fused-ring (bicyclic) bond motifs is 3. The van der Waals surface area contributed by atoms with Gasteiger partial charge in [-0.3, -0.25) is 9.20 Å². The van der Waals surface area contributed by atoms with Crippen LogP contribution >= 0.6 is 11.3 Å². The fourth-order valence-electron chi connectivity index (χ4n) is 4.32. The molecule has 0 aliphatic carbocycles. The monoisotopic (exact) mass is 476 g/mol. The van der Waals surface area contributed by atoms with Gasteiger partial charge < -0.3 is 19.1 Å². The molecule has 32 heavy (non-hydrogen) atoms. The van der Waals surface area contributed by atoms with Crippen LogP contribution in [0.25, 0.3) is 4.96 Å². The van der Waals surface area contributed by atoms with Gasteiger partial charge in [-0.2, -0.15) is 13.4 Å². The molecule has 0 spiro atoms. The quantitative estimate of drug-likeness (QED) is 0.569. The van der Waals surface area contributed by atoms with E-state index in [9.17, 15) is 23.1 Å². The van der Waals surface area contributed by atoms with E-state index < -0.39 is 21.8 Å². The molecule has 3 aromatic rings. The zero-order valence-corrected chi connectivity index (χ0v) is 18.7. The van der Waals surface area contributed by atoms with Gasteiger partial charge >= 0.3 is 16.2 Å². The third-order valence-electron chi connectivity index (χ3n) is 5.84. The predicted octanol–water partition coefficient (Wildman–Crippen LogP) is 2.16. The van der Waals surface area contributed by atoms with Crippen LogP contribution in [-0.4, -0.2) is 59.1 Å². The topological polar surface area (TPSA) is 122 Å². The van der Waals surface area contributed by atoms with Gasteiger partial charge in [-0.15, -0.1) is 0 Å². The van der Waals surface area contributed by atoms with E-state index in [1.165, 1.54) is 32.8 Å². The van der Waals surface area contributed by atoms with Crippen molar-refractivity contribution >= 4 is 37.5 Å². The van der Waals surface area contributed by atoms with Gasteiger partial charge in [0.15, 0.2) is 0 Å². The zero-order chi connectivity index (χ0) is 22.6. The summed E-state index contributed by atoms with van der Waals surface area (Å²) < 4.78 is 31.6. The van der Waals surface area contributed by atoms with Crippen LogP contribution in [0.4, 0.5) is 9.80 Å². The minimum absolute atomic E-state index is 0.0233. The smallest absolute Gasteiger partial charge is 0.407 e. The van der Waals surface area contributed by atoms with Gasteiger partial charge in [-0.05, 0) is 31.9 Å². The van der Waals surface area contributed by atoms with Gasteiger partial charge in [0.2, 0.25) is 10.8 Å². The number of hydrogen-bond acceptors (Lipinski definition) is 8. The number of thiazole rings is 1. The molecule has 5 rings (SSSR count). The number of benzene rings is 1. The second kappa shape index (κ2) is 7.48. The van der Waals surface area contributed by atoms with Crippen LogP contribution in [0.5, 0.6) is 5.88 Å². The molecule has 2 bridgehead atoms. The number of piperazine rings is 1. The molecule has 168 valence electrons. The first-order valence-electron chi connectivity index (χ1n) is 10.0. The van der Waals surface area contributed by atoms with Crippen LogP contribution in [0.2, 0.25) is 0 Å². The average Bonchev–Trinajstić information content (AvgIpc) is 3.25. The molecule has 2 aliphatic rings. The number of rotatable bonds is 4. The van der Waals surface area contributed by atoms with E-state index in [1.54, 1.807) is 18.3 Å². The molecule has 2 aliphatic heterocycles. The SMILES string of the molecule is Cc1ccc(S(=O)(=O)Oc2cc(=O)n3cc(N4C5CCC4CN(C(=O)O)C5)sc3n2)cc1. The molecule has 2 unspecified atom stereocenters. The van der Waals surface area contributed by atoms with E-state index in [-0.39, 0.29) is 22.9 Å². The Hall–Kier alpha value is -3.12. The number of carbonyl (C=O) groups is 1. The molecule has 4 heterocycles. The minimum atomic E-state index is -4.13. The normalized spacial score (nSPS) is 20.7. The van der Waals surface area contributed by atoms with Gasteiger partial charge in [0, 0.05) is 31.4 Å². The fraction of sp³-hybridized carbons (Fsp3) is 0.350. The van der Waals surface area contributed by atoms with Crippen LogP contribution < -0.4 is 14.6 Å². The molecule has 1 aromatic carbocycles. The highest BCUT2D eigenvalue weighted by molar-refractivity contribution is 7.87. The number of carboxylic acid groups (broad SMARTS) is 1. The van der Waals surface area contributed by atoms with Crippen molar-refractivity contribution in [1.29, 1.82) is 0 Å². The summed E-state index contributed by atoms with van der Waals surface area (Å²) in [6, 6.07) is 7.30. The van der Waals surface area contributed by atoms with E-state index >= 15 is 0 Å². The third kappa shape index (κ3) is 3.58. The lowest BCUT2D eigenvalue weighted by Crippen LogP contribution is -2.55. The lowest BCUT2D eigenvalue weighted by atomic mass is 10.2. The van der Waals surface area contributed by atoms with E-state index in [0.29, 0.717) is 18.1 Å². The summed E-state index contributed by atoms with van der Waals surface area (Å²) >= 11 is 1.25. The molecule has 0 saturated carbocycles. The minimum Gasteiger partial charge on any atom is -0.465 e. The molecule has 2 atom stereocenters. The number of aromatic nitrogens is 2. The highest BCUT2D eigenvalue weighted by atomic mass is 32.2. The first-order valence-corrected chi connectivity index (χ1v) is 12.2. The van der Waals surface area contributed by atoms with E-state index in [1.807, 2.05) is 6.92 Å². The Morgan fingerprint density at radius 1 is 1.19 bits per heavy atom. The Morgan fingerprint density at radius 3 is 2.47 bits per heavy atom. The van der Waals surface area contributed by atoms with Crippen molar-refractivity contribution in [2.24, 2.45) is 0 Å².